The lowest BCUT2D eigenvalue weighted by atomic mass is 9.98. The lowest BCUT2D eigenvalue weighted by molar-refractivity contribution is -0.660. The third-order valence-electron chi connectivity index (χ3n) is 6.78. The average molecular weight is 445 g/mol. The van der Waals surface area contributed by atoms with E-state index in [4.69, 9.17) is 5.79 Å². The van der Waals surface area contributed by atoms with Gasteiger partial charge in [-0.15, -0.1) is 0 Å². The third-order valence-corrected chi connectivity index (χ3v) is 6.78. The van der Waals surface area contributed by atoms with Crippen LogP contribution in [0.1, 0.15) is 32.2 Å². The molecule has 0 radical (unpaired) electrons. The molecule has 0 amide bonds. The maximum absolute atomic E-state index is 8.27. The van der Waals surface area contributed by atoms with E-state index in [0.717, 1.165) is 61.0 Å². The SMILES string of the molecule is [2H]C(C)(C)c1ccc(-c2cc[n+](C)c(-c3c(C)ccc4c3oc3c5ccccc5ccc43)c2)nc1. The molecule has 0 aliphatic carbocycles. The number of pyridine rings is 2. The minimum absolute atomic E-state index is 0.669. The summed E-state index contributed by atoms with van der Waals surface area (Å²) in [5.74, 6) is -0.669. The van der Waals surface area contributed by atoms with Crippen molar-refractivity contribution in [3.8, 4) is 22.5 Å². The monoisotopic (exact) mass is 444 g/mol. The first-order valence-corrected chi connectivity index (χ1v) is 11.6. The van der Waals surface area contributed by atoms with Gasteiger partial charge in [0.2, 0.25) is 5.69 Å². The van der Waals surface area contributed by atoms with E-state index in [2.05, 4.69) is 90.4 Å². The molecule has 0 saturated carbocycles. The Kier molecular flexibility index (Phi) is 4.47. The zero-order chi connectivity index (χ0) is 24.3. The maximum Gasteiger partial charge on any atom is 0.217 e. The molecule has 34 heavy (non-hydrogen) atoms. The van der Waals surface area contributed by atoms with E-state index in [1.54, 1.807) is 0 Å². The van der Waals surface area contributed by atoms with Gasteiger partial charge in [0.1, 0.15) is 18.2 Å². The van der Waals surface area contributed by atoms with Crippen LogP contribution in [0.5, 0.6) is 0 Å². The van der Waals surface area contributed by atoms with E-state index >= 15 is 0 Å². The molecular formula is C31H27N2O+. The number of rotatable bonds is 3. The standard InChI is InChI=1S/C31H27N2O/c1-19(2)23-11-14-27(32-18-23)22-15-16-33(4)28(17-22)29-20(3)9-12-26-25-13-10-21-7-5-6-8-24(21)30(25)34-31(26)29/h5-19H,1-4H3/q+1/i19D. The number of benzene rings is 3. The van der Waals surface area contributed by atoms with E-state index in [-0.39, 0.29) is 0 Å². The molecule has 0 aliphatic heterocycles. The molecule has 3 heteroatoms. The summed E-state index contributed by atoms with van der Waals surface area (Å²) >= 11 is 0. The minimum atomic E-state index is -0.669. The van der Waals surface area contributed by atoms with Crippen molar-refractivity contribution in [1.29, 1.82) is 0 Å². The summed E-state index contributed by atoms with van der Waals surface area (Å²) in [5, 5.41) is 4.56. The predicted molar refractivity (Wildman–Crippen MR) is 140 cm³/mol. The average Bonchev–Trinajstić information content (AvgIpc) is 3.23. The van der Waals surface area contributed by atoms with Gasteiger partial charge in [-0.2, -0.15) is 0 Å². The van der Waals surface area contributed by atoms with E-state index in [1.807, 2.05) is 32.2 Å². The van der Waals surface area contributed by atoms with Crippen LogP contribution in [-0.4, -0.2) is 4.98 Å². The zero-order valence-corrected chi connectivity index (χ0v) is 19.9. The second-order valence-corrected chi connectivity index (χ2v) is 9.24. The largest absolute Gasteiger partial charge is 0.454 e. The first kappa shape index (κ1) is 19.5. The fraction of sp³-hybridized carbons (Fsp3) is 0.161. The molecule has 166 valence electrons. The number of hydrogen-bond donors (Lipinski definition) is 0. The second-order valence-electron chi connectivity index (χ2n) is 9.24. The van der Waals surface area contributed by atoms with Crippen molar-refractivity contribution in [1.82, 2.24) is 4.98 Å². The molecule has 0 atom stereocenters. The number of fused-ring (bicyclic) bond motifs is 5. The molecule has 3 aromatic carbocycles. The fourth-order valence-corrected chi connectivity index (χ4v) is 4.82. The van der Waals surface area contributed by atoms with Crippen molar-refractivity contribution >= 4 is 32.7 Å². The van der Waals surface area contributed by atoms with Crippen molar-refractivity contribution in [2.24, 2.45) is 7.05 Å². The Hall–Kier alpha value is -3.98. The van der Waals surface area contributed by atoms with Gasteiger partial charge in [0.25, 0.3) is 0 Å². The third kappa shape index (κ3) is 3.19. The van der Waals surface area contributed by atoms with Gasteiger partial charge in [-0.25, -0.2) is 4.57 Å². The molecule has 0 spiro atoms. The lowest BCUT2D eigenvalue weighted by Gasteiger charge is -2.09. The summed E-state index contributed by atoms with van der Waals surface area (Å²) in [6.45, 7) is 5.89. The smallest absolute Gasteiger partial charge is 0.217 e. The molecule has 6 rings (SSSR count). The highest BCUT2D eigenvalue weighted by Gasteiger charge is 2.22. The molecule has 3 nitrogen and oxygen atoms in total. The van der Waals surface area contributed by atoms with Crippen LogP contribution in [0.2, 0.25) is 0 Å². The van der Waals surface area contributed by atoms with Gasteiger partial charge in [-0.05, 0) is 41.5 Å². The number of nitrogens with zero attached hydrogens (tertiary/aromatic N) is 2. The summed E-state index contributed by atoms with van der Waals surface area (Å²) in [6, 6.07) is 25.3. The first-order valence-electron chi connectivity index (χ1n) is 12.1. The number of hydrogen-bond acceptors (Lipinski definition) is 2. The Balaban J connectivity index is 1.57. The fourth-order valence-electron chi connectivity index (χ4n) is 4.82. The Morgan fingerprint density at radius 1 is 0.882 bits per heavy atom. The maximum atomic E-state index is 8.27. The van der Waals surface area contributed by atoms with E-state index in [1.165, 1.54) is 5.39 Å². The van der Waals surface area contributed by atoms with Gasteiger partial charge >= 0.3 is 0 Å². The van der Waals surface area contributed by atoms with Gasteiger partial charge in [0, 0.05) is 41.4 Å². The number of aryl methyl sites for hydroxylation is 2. The molecule has 6 aromatic rings. The predicted octanol–water partition coefficient (Wildman–Crippen LogP) is 7.72. The highest BCUT2D eigenvalue weighted by Crippen LogP contribution is 2.40. The molecule has 3 aromatic heterocycles. The van der Waals surface area contributed by atoms with Crippen LogP contribution in [-0.2, 0) is 7.05 Å². The number of furan rings is 1. The molecule has 0 unspecified atom stereocenters. The second kappa shape index (κ2) is 7.81. The van der Waals surface area contributed by atoms with Gasteiger partial charge in [0.15, 0.2) is 6.20 Å². The van der Waals surface area contributed by atoms with Crippen LogP contribution in [0.4, 0.5) is 0 Å². The molecule has 0 N–H and O–H groups in total. The van der Waals surface area contributed by atoms with Gasteiger partial charge < -0.3 is 4.42 Å². The van der Waals surface area contributed by atoms with E-state index in [0.29, 0.717) is 0 Å². The minimum Gasteiger partial charge on any atom is -0.454 e. The van der Waals surface area contributed by atoms with Crippen molar-refractivity contribution in [3.63, 3.8) is 0 Å². The number of aromatic nitrogens is 2. The van der Waals surface area contributed by atoms with Gasteiger partial charge in [-0.1, -0.05) is 62.4 Å². The van der Waals surface area contributed by atoms with Gasteiger partial charge in [-0.3, -0.25) is 4.98 Å². The van der Waals surface area contributed by atoms with Crippen molar-refractivity contribution < 1.29 is 10.4 Å². The summed E-state index contributed by atoms with van der Waals surface area (Å²) in [6.07, 6.45) is 3.89. The normalized spacial score (nSPS) is 12.5. The van der Waals surface area contributed by atoms with Crippen LogP contribution in [0.25, 0.3) is 55.2 Å². The molecule has 3 heterocycles. The van der Waals surface area contributed by atoms with Crippen molar-refractivity contribution in [2.75, 3.05) is 0 Å². The summed E-state index contributed by atoms with van der Waals surface area (Å²) in [7, 11) is 2.06. The van der Waals surface area contributed by atoms with Crippen molar-refractivity contribution in [2.45, 2.75) is 26.7 Å². The molecule has 0 saturated heterocycles. The summed E-state index contributed by atoms with van der Waals surface area (Å²) in [4.78, 5) is 4.68. The Bertz CT molecular complexity index is 1740. The van der Waals surface area contributed by atoms with Crippen LogP contribution in [0.15, 0.2) is 89.6 Å². The van der Waals surface area contributed by atoms with E-state index < -0.39 is 5.89 Å². The Labute approximate surface area is 200 Å². The molecular weight excluding hydrogens is 416 g/mol. The highest BCUT2D eigenvalue weighted by molar-refractivity contribution is 6.17. The lowest BCUT2D eigenvalue weighted by Crippen LogP contribution is -2.30. The van der Waals surface area contributed by atoms with Crippen LogP contribution < -0.4 is 4.57 Å². The van der Waals surface area contributed by atoms with Crippen LogP contribution in [0, 0.1) is 6.92 Å². The Morgan fingerprint density at radius 2 is 1.68 bits per heavy atom. The van der Waals surface area contributed by atoms with Crippen LogP contribution >= 0.6 is 0 Å². The molecule has 0 bridgehead atoms. The highest BCUT2D eigenvalue weighted by atomic mass is 16.3. The van der Waals surface area contributed by atoms with Gasteiger partial charge in [0.05, 0.1) is 11.3 Å². The summed E-state index contributed by atoms with van der Waals surface area (Å²) < 4.78 is 17.0. The molecule has 0 fully saturated rings. The summed E-state index contributed by atoms with van der Waals surface area (Å²) in [5.41, 5.74) is 7.98. The zero-order valence-electron chi connectivity index (χ0n) is 20.9. The Morgan fingerprint density at radius 3 is 2.47 bits per heavy atom. The van der Waals surface area contributed by atoms with Crippen molar-refractivity contribution in [3.05, 3.63) is 96.3 Å². The van der Waals surface area contributed by atoms with Crippen LogP contribution in [0.3, 0.4) is 0 Å². The quantitative estimate of drug-likeness (QED) is 0.261. The molecule has 0 aliphatic rings. The first-order chi connectivity index (χ1) is 16.8. The topological polar surface area (TPSA) is 29.9 Å². The van der Waals surface area contributed by atoms with E-state index in [9.17, 15) is 0 Å².